The van der Waals surface area contributed by atoms with Crippen LogP contribution in [0.1, 0.15) is 12.2 Å². The molecule has 15 heavy (non-hydrogen) atoms. The Labute approximate surface area is 93.2 Å². The maximum atomic E-state index is 4.25. The average Bonchev–Trinajstić information content (AvgIpc) is 2.86. The van der Waals surface area contributed by atoms with Crippen LogP contribution in [-0.2, 0) is 6.42 Å². The van der Waals surface area contributed by atoms with Crippen molar-refractivity contribution in [1.29, 1.82) is 0 Å². The van der Waals surface area contributed by atoms with Gasteiger partial charge in [-0.25, -0.2) is 4.98 Å². The van der Waals surface area contributed by atoms with Crippen LogP contribution in [0, 0.1) is 0 Å². The number of fused-ring (bicyclic) bond motifs is 1. The molecule has 0 radical (unpaired) electrons. The lowest BCUT2D eigenvalue weighted by Gasteiger charge is -2.11. The number of rotatable bonds is 2. The lowest BCUT2D eigenvalue weighted by Crippen LogP contribution is -2.01. The van der Waals surface area contributed by atoms with E-state index in [0.717, 1.165) is 18.7 Å². The molecule has 1 aliphatic heterocycles. The summed E-state index contributed by atoms with van der Waals surface area (Å²) in [4.78, 5) is 8.82. The van der Waals surface area contributed by atoms with Crippen molar-refractivity contribution in [2.24, 2.45) is 0 Å². The summed E-state index contributed by atoms with van der Waals surface area (Å²) in [5.41, 5.74) is 1.46. The van der Waals surface area contributed by atoms with Crippen LogP contribution >= 0.6 is 11.8 Å². The number of nitrogens with one attached hydrogen (secondary N) is 1. The molecule has 0 aromatic carbocycles. The number of aromatic nitrogens is 2. The number of hydrogen-bond donors (Lipinski definition) is 1. The third-order valence-electron chi connectivity index (χ3n) is 2.66. The Bertz CT molecular complexity index is 440. The molecule has 0 saturated heterocycles. The summed E-state index contributed by atoms with van der Waals surface area (Å²) in [7, 11) is 0. The Hall–Kier alpha value is -1.22. The molecule has 1 atom stereocenters. The Morgan fingerprint density at radius 3 is 3.33 bits per heavy atom. The first-order valence-electron chi connectivity index (χ1n) is 5.14. The molecule has 0 amide bonds. The molecule has 2 aliphatic rings. The van der Waals surface area contributed by atoms with Crippen LogP contribution in [0.3, 0.4) is 0 Å². The van der Waals surface area contributed by atoms with Crippen molar-refractivity contribution in [2.75, 3.05) is 0 Å². The Balaban J connectivity index is 1.77. The molecule has 1 unspecified atom stereocenters. The Morgan fingerprint density at radius 1 is 1.53 bits per heavy atom. The van der Waals surface area contributed by atoms with Crippen LogP contribution in [0.4, 0.5) is 0 Å². The van der Waals surface area contributed by atoms with E-state index >= 15 is 0 Å². The quantitative estimate of drug-likeness (QED) is 0.823. The minimum atomic E-state index is 0.653. The van der Waals surface area contributed by atoms with Gasteiger partial charge in [-0.2, -0.15) is 0 Å². The van der Waals surface area contributed by atoms with Crippen molar-refractivity contribution in [2.45, 2.75) is 18.1 Å². The van der Waals surface area contributed by atoms with Crippen LogP contribution in [0.15, 0.2) is 47.2 Å². The molecule has 1 aromatic heterocycles. The second kappa shape index (κ2) is 3.74. The zero-order valence-electron chi connectivity index (χ0n) is 8.31. The van der Waals surface area contributed by atoms with Gasteiger partial charge in [-0.1, -0.05) is 18.2 Å². The van der Waals surface area contributed by atoms with Gasteiger partial charge in [0.1, 0.15) is 5.82 Å². The van der Waals surface area contributed by atoms with Gasteiger partial charge in [0, 0.05) is 24.1 Å². The summed E-state index contributed by atoms with van der Waals surface area (Å²) in [5.74, 6) is 1.06. The second-order valence-corrected chi connectivity index (χ2v) is 5.09. The molecule has 76 valence electrons. The number of thioether (sulfide) groups is 1. The molecule has 1 aliphatic carbocycles. The van der Waals surface area contributed by atoms with E-state index < -0.39 is 0 Å². The van der Waals surface area contributed by atoms with Gasteiger partial charge in [0.05, 0.1) is 0 Å². The number of hydrogen-bond acceptors (Lipinski definition) is 2. The molecule has 0 spiro atoms. The predicted octanol–water partition coefficient (Wildman–Crippen LogP) is 2.84. The largest absolute Gasteiger partial charge is 0.348 e. The standard InChI is InChI=1S/C12H12N2S/c1-2-4-11-9(3-1)7-10(15-11)8-12-13-5-6-14-12/h1-3,5-7,11H,4,8H2,(H,13,14). The average molecular weight is 216 g/mol. The van der Waals surface area contributed by atoms with Gasteiger partial charge in [-0.15, -0.1) is 11.8 Å². The minimum absolute atomic E-state index is 0.653. The second-order valence-electron chi connectivity index (χ2n) is 3.76. The van der Waals surface area contributed by atoms with Crippen molar-refractivity contribution in [3.63, 3.8) is 0 Å². The highest BCUT2D eigenvalue weighted by Crippen LogP contribution is 2.40. The molecule has 0 bridgehead atoms. The lowest BCUT2D eigenvalue weighted by atomic mass is 10.0. The highest BCUT2D eigenvalue weighted by atomic mass is 32.2. The molecule has 0 saturated carbocycles. The smallest absolute Gasteiger partial charge is 0.110 e. The Morgan fingerprint density at radius 2 is 2.53 bits per heavy atom. The molecule has 3 rings (SSSR count). The highest BCUT2D eigenvalue weighted by molar-refractivity contribution is 8.04. The summed E-state index contributed by atoms with van der Waals surface area (Å²) < 4.78 is 0. The van der Waals surface area contributed by atoms with E-state index in [-0.39, 0.29) is 0 Å². The normalized spacial score (nSPS) is 23.6. The van der Waals surface area contributed by atoms with Gasteiger partial charge >= 0.3 is 0 Å². The first kappa shape index (κ1) is 9.04. The molecular weight excluding hydrogens is 204 g/mol. The fourth-order valence-electron chi connectivity index (χ4n) is 1.94. The van der Waals surface area contributed by atoms with Crippen molar-refractivity contribution >= 4 is 11.8 Å². The fourth-order valence-corrected chi connectivity index (χ4v) is 3.22. The SMILES string of the molecule is C1=CCC2SC(Cc3ncc[nH]3)=CC2=C1. The van der Waals surface area contributed by atoms with Gasteiger partial charge in [-0.3, -0.25) is 0 Å². The summed E-state index contributed by atoms with van der Waals surface area (Å²) in [5, 5.41) is 0.653. The molecule has 3 heteroatoms. The van der Waals surface area contributed by atoms with E-state index in [2.05, 4.69) is 34.3 Å². The van der Waals surface area contributed by atoms with Crippen LogP contribution in [0.2, 0.25) is 0 Å². The predicted molar refractivity (Wildman–Crippen MR) is 63.6 cm³/mol. The van der Waals surface area contributed by atoms with Crippen molar-refractivity contribution in [3.05, 3.63) is 53.0 Å². The summed E-state index contributed by atoms with van der Waals surface area (Å²) in [6.07, 6.45) is 14.7. The molecule has 1 aromatic rings. The molecule has 1 N–H and O–H groups in total. The number of aromatic amines is 1. The third kappa shape index (κ3) is 1.79. The van der Waals surface area contributed by atoms with Crippen molar-refractivity contribution in [3.8, 4) is 0 Å². The van der Waals surface area contributed by atoms with Crippen LogP contribution < -0.4 is 0 Å². The maximum absolute atomic E-state index is 4.25. The van der Waals surface area contributed by atoms with Crippen LogP contribution in [-0.4, -0.2) is 15.2 Å². The van der Waals surface area contributed by atoms with Crippen molar-refractivity contribution < 1.29 is 0 Å². The van der Waals surface area contributed by atoms with E-state index in [1.165, 1.54) is 10.5 Å². The summed E-state index contributed by atoms with van der Waals surface area (Å²) in [6, 6.07) is 0. The zero-order valence-corrected chi connectivity index (χ0v) is 9.13. The topological polar surface area (TPSA) is 28.7 Å². The Kier molecular flexibility index (Phi) is 2.25. The first-order chi connectivity index (χ1) is 7.42. The summed E-state index contributed by atoms with van der Waals surface area (Å²) >= 11 is 1.97. The van der Waals surface area contributed by atoms with E-state index in [1.807, 2.05) is 24.2 Å². The monoisotopic (exact) mass is 216 g/mol. The lowest BCUT2D eigenvalue weighted by molar-refractivity contribution is 1.02. The maximum Gasteiger partial charge on any atom is 0.110 e. The number of allylic oxidation sites excluding steroid dienone is 5. The van der Waals surface area contributed by atoms with Gasteiger partial charge < -0.3 is 4.98 Å². The van der Waals surface area contributed by atoms with Gasteiger partial charge in [-0.05, 0) is 23.0 Å². The van der Waals surface area contributed by atoms with E-state index in [1.54, 1.807) is 0 Å². The molecule has 2 nitrogen and oxygen atoms in total. The fraction of sp³-hybridized carbons (Fsp3) is 0.250. The summed E-state index contributed by atoms with van der Waals surface area (Å²) in [6.45, 7) is 0. The molecule has 2 heterocycles. The van der Waals surface area contributed by atoms with E-state index in [9.17, 15) is 0 Å². The van der Waals surface area contributed by atoms with E-state index in [0.29, 0.717) is 5.25 Å². The van der Waals surface area contributed by atoms with E-state index in [4.69, 9.17) is 0 Å². The number of H-pyrrole nitrogens is 1. The molecule has 0 fully saturated rings. The van der Waals surface area contributed by atoms with Crippen molar-refractivity contribution in [1.82, 2.24) is 9.97 Å². The third-order valence-corrected chi connectivity index (χ3v) is 3.98. The van der Waals surface area contributed by atoms with Crippen LogP contribution in [0.5, 0.6) is 0 Å². The number of imidazole rings is 1. The number of nitrogens with zero attached hydrogens (tertiary/aromatic N) is 1. The van der Waals surface area contributed by atoms with Gasteiger partial charge in [0.15, 0.2) is 0 Å². The van der Waals surface area contributed by atoms with Crippen LogP contribution in [0.25, 0.3) is 0 Å². The first-order valence-corrected chi connectivity index (χ1v) is 6.02. The minimum Gasteiger partial charge on any atom is -0.348 e. The molecular formula is C12H12N2S. The zero-order chi connectivity index (χ0) is 10.1. The van der Waals surface area contributed by atoms with Gasteiger partial charge in [0.25, 0.3) is 0 Å². The van der Waals surface area contributed by atoms with Gasteiger partial charge in [0.2, 0.25) is 0 Å². The highest BCUT2D eigenvalue weighted by Gasteiger charge is 2.23.